The predicted octanol–water partition coefficient (Wildman–Crippen LogP) is 5.85. The van der Waals surface area contributed by atoms with Gasteiger partial charge >= 0.3 is 5.97 Å². The van der Waals surface area contributed by atoms with Crippen molar-refractivity contribution in [2.45, 2.75) is 108 Å². The van der Waals surface area contributed by atoms with Crippen molar-refractivity contribution in [1.29, 1.82) is 5.26 Å². The van der Waals surface area contributed by atoms with Gasteiger partial charge in [0.25, 0.3) is 5.56 Å². The minimum Gasteiger partial charge on any atom is -0.459 e. The molecular formula is C45H58N9O6P. The van der Waals surface area contributed by atoms with E-state index in [-0.39, 0.29) is 34.8 Å². The number of rotatable bonds is 12. The molecule has 0 saturated carbocycles. The van der Waals surface area contributed by atoms with Gasteiger partial charge in [0.05, 0.1) is 23.9 Å². The summed E-state index contributed by atoms with van der Waals surface area (Å²) in [6.45, 7) is 13.1. The van der Waals surface area contributed by atoms with E-state index in [1.165, 1.54) is 0 Å². The minimum atomic E-state index is -2.12. The Balaban J connectivity index is 0.00000149. The molecule has 5 aromatic rings. The number of carbonyl (C=O) groups excluding carboxylic acids is 1. The van der Waals surface area contributed by atoms with Crippen LogP contribution in [0.2, 0.25) is 0 Å². The fourth-order valence-corrected chi connectivity index (χ4v) is 9.50. The number of hydrogen-bond donors (Lipinski definition) is 6. The van der Waals surface area contributed by atoms with Crippen LogP contribution in [0.5, 0.6) is 0 Å². The molecule has 2 saturated heterocycles. The second-order valence-corrected chi connectivity index (χ2v) is 17.9. The zero-order valence-electron chi connectivity index (χ0n) is 35.6. The van der Waals surface area contributed by atoms with Crippen LogP contribution in [-0.2, 0) is 19.8 Å². The third-order valence-corrected chi connectivity index (χ3v) is 12.2. The lowest BCUT2D eigenvalue weighted by molar-refractivity contribution is -0.185. The van der Waals surface area contributed by atoms with E-state index in [2.05, 4.69) is 101 Å². The van der Waals surface area contributed by atoms with Crippen molar-refractivity contribution in [3.8, 4) is 6.07 Å². The van der Waals surface area contributed by atoms with Crippen molar-refractivity contribution in [2.75, 3.05) is 12.3 Å². The van der Waals surface area contributed by atoms with Gasteiger partial charge in [0, 0.05) is 42.4 Å². The molecule has 0 amide bonds. The van der Waals surface area contributed by atoms with E-state index >= 15 is 0 Å². The van der Waals surface area contributed by atoms with Crippen LogP contribution in [0.15, 0.2) is 102 Å². The third kappa shape index (κ3) is 9.56. The number of aromatic amines is 1. The highest BCUT2D eigenvalue weighted by atomic mass is 31.2. The first-order valence-corrected chi connectivity index (χ1v) is 21.9. The van der Waals surface area contributed by atoms with Gasteiger partial charge in [-0.2, -0.15) is 10.2 Å². The average molecular weight is 852 g/mol. The molecule has 2 fully saturated rings. The number of fused-ring (bicyclic) bond motifs is 1. The topological polar surface area (TPSA) is 231 Å². The number of nitrogens with two attached hydrogens (primary N) is 2. The van der Waals surface area contributed by atoms with Crippen molar-refractivity contribution in [3.63, 3.8) is 0 Å². The highest BCUT2D eigenvalue weighted by Gasteiger charge is 2.56. The number of anilines is 1. The molecule has 2 unspecified atom stereocenters. The van der Waals surface area contributed by atoms with E-state index in [1.807, 2.05) is 68.4 Å². The number of piperidine rings is 1. The summed E-state index contributed by atoms with van der Waals surface area (Å²) in [5.41, 5.74) is 11.9. The number of nitriles is 1. The molecule has 2 aliphatic rings. The number of benzene rings is 3. The molecule has 8 N–H and O–H groups in total. The molecule has 0 radical (unpaired) electrons. The van der Waals surface area contributed by atoms with Gasteiger partial charge < -0.3 is 25.0 Å². The van der Waals surface area contributed by atoms with Crippen LogP contribution in [0.1, 0.15) is 90.1 Å². The molecule has 16 heteroatoms. The van der Waals surface area contributed by atoms with Crippen LogP contribution in [0.3, 0.4) is 0 Å². The maximum absolute atomic E-state index is 13.9. The van der Waals surface area contributed by atoms with Gasteiger partial charge in [0.15, 0.2) is 11.2 Å². The molecule has 61 heavy (non-hydrogen) atoms. The summed E-state index contributed by atoms with van der Waals surface area (Å²) in [6.07, 6.45) is 1.88. The molecule has 0 aliphatic carbocycles. The number of esters is 1. The highest BCUT2D eigenvalue weighted by molar-refractivity contribution is 7.42. The van der Waals surface area contributed by atoms with Crippen LogP contribution in [-0.4, -0.2) is 76.0 Å². The van der Waals surface area contributed by atoms with Gasteiger partial charge in [-0.25, -0.2) is 4.98 Å². The number of ether oxygens (including phenoxy) is 2. The molecule has 2 aromatic heterocycles. The van der Waals surface area contributed by atoms with Gasteiger partial charge in [-0.15, -0.1) is 0 Å². The van der Waals surface area contributed by atoms with E-state index in [1.54, 1.807) is 10.9 Å². The van der Waals surface area contributed by atoms with E-state index in [0.717, 1.165) is 29.5 Å². The summed E-state index contributed by atoms with van der Waals surface area (Å²) in [6, 6.07) is 33.0. The molecular weight excluding hydrogens is 794 g/mol. The number of imidazole rings is 1. The fourth-order valence-electron chi connectivity index (χ4n) is 9.50. The number of H-pyrrole nitrogens is 1. The standard InChI is InChI=1S/C45H54N8O4.H4NO2P/c1-29(2)41(55)57-37(33-23-24-43(3,4)53(26-16-25-46)44(33,5)6)38-34(27-35(56-38)52-28-48-36-39(52)49-42(47)50-40(36)54)51-45(30-17-10-7-11-18-30,31-19-12-8-13-20-31)32-21-14-9-15-22-32;1-4(2)3/h7-15,17-22,28-29,33-35,37-38,51H,16,23-24,26-27H2,1-6H3,(H3,47,49,50,54);2-3H,1H2/t33?,34-,35+,37?,38-;/m0./s1. The van der Waals surface area contributed by atoms with E-state index in [0.29, 0.717) is 25.0 Å². The van der Waals surface area contributed by atoms with Crippen LogP contribution < -0.4 is 22.1 Å². The highest BCUT2D eigenvalue weighted by Crippen LogP contribution is 2.48. The number of hydrogen-bond acceptors (Lipinski definition) is 13. The van der Waals surface area contributed by atoms with Crippen molar-refractivity contribution in [1.82, 2.24) is 29.7 Å². The molecule has 3 aromatic carbocycles. The summed E-state index contributed by atoms with van der Waals surface area (Å²) in [5.74, 6) is -0.912. The maximum Gasteiger partial charge on any atom is 0.308 e. The van der Waals surface area contributed by atoms with Crippen molar-refractivity contribution in [3.05, 3.63) is 124 Å². The SMILES string of the molecule is CC(C)C(=O)OC(C1CCC(C)(C)N(CCC#N)C1(C)C)[C@H]1O[C@@H](n2cnc3c(=O)[nH]c(N)nc32)C[C@@H]1NC(c1ccccc1)(c1ccccc1)c1ccccc1.NP(O)O. The van der Waals surface area contributed by atoms with E-state index in [4.69, 9.17) is 25.0 Å². The predicted molar refractivity (Wildman–Crippen MR) is 235 cm³/mol. The lowest BCUT2D eigenvalue weighted by atomic mass is 9.68. The van der Waals surface area contributed by atoms with Gasteiger partial charge in [0.2, 0.25) is 14.5 Å². The normalized spacial score (nSPS) is 21.7. The van der Waals surface area contributed by atoms with Crippen molar-refractivity contribution in [2.24, 2.45) is 17.3 Å². The average Bonchev–Trinajstić information content (AvgIpc) is 3.84. The summed E-state index contributed by atoms with van der Waals surface area (Å²) >= 11 is 0. The number of nitrogen functional groups attached to an aromatic ring is 1. The second-order valence-electron chi connectivity index (χ2n) is 17.2. The monoisotopic (exact) mass is 851 g/mol. The molecule has 5 atom stereocenters. The Morgan fingerprint density at radius 3 is 2.08 bits per heavy atom. The molecule has 2 aliphatic heterocycles. The Morgan fingerprint density at radius 2 is 1.57 bits per heavy atom. The molecule has 15 nitrogen and oxygen atoms in total. The van der Waals surface area contributed by atoms with Gasteiger partial charge in [-0.3, -0.25) is 34.9 Å². The van der Waals surface area contributed by atoms with Gasteiger partial charge in [0.1, 0.15) is 18.4 Å². The Labute approximate surface area is 358 Å². The van der Waals surface area contributed by atoms with Crippen LogP contribution in [0, 0.1) is 23.2 Å². The Hall–Kier alpha value is -5.04. The summed E-state index contributed by atoms with van der Waals surface area (Å²) in [7, 11) is -2.12. The second kappa shape index (κ2) is 18.9. The van der Waals surface area contributed by atoms with E-state index < -0.39 is 49.6 Å². The lowest BCUT2D eigenvalue weighted by Crippen LogP contribution is -2.67. The molecule has 4 heterocycles. The fraction of sp³-hybridized carbons (Fsp3) is 0.444. The molecule has 7 rings (SSSR count). The third-order valence-electron chi connectivity index (χ3n) is 12.2. The van der Waals surface area contributed by atoms with Gasteiger partial charge in [-0.1, -0.05) is 105 Å². The van der Waals surface area contributed by atoms with E-state index in [9.17, 15) is 14.9 Å². The number of carbonyl (C=O) groups is 1. The molecule has 0 spiro atoms. The van der Waals surface area contributed by atoms with Crippen LogP contribution in [0.25, 0.3) is 11.2 Å². The lowest BCUT2D eigenvalue weighted by Gasteiger charge is -2.58. The Kier molecular flexibility index (Phi) is 14.1. The Morgan fingerprint density at radius 1 is 1.03 bits per heavy atom. The summed E-state index contributed by atoms with van der Waals surface area (Å²) in [5, 5.41) is 13.9. The number of nitrogens with one attached hydrogen (secondary N) is 2. The number of nitrogens with zero attached hydrogens (tertiary/aromatic N) is 5. The maximum atomic E-state index is 13.9. The zero-order valence-corrected chi connectivity index (χ0v) is 36.5. The first-order chi connectivity index (χ1) is 29.0. The minimum absolute atomic E-state index is 0.0255. The largest absolute Gasteiger partial charge is 0.459 e. The summed E-state index contributed by atoms with van der Waals surface area (Å²) in [4.78, 5) is 55.7. The molecule has 0 bridgehead atoms. The quantitative estimate of drug-likeness (QED) is 0.0493. The van der Waals surface area contributed by atoms with Crippen molar-refractivity contribution < 1.29 is 24.1 Å². The van der Waals surface area contributed by atoms with Crippen LogP contribution >= 0.6 is 8.53 Å². The first-order valence-electron chi connectivity index (χ1n) is 20.6. The van der Waals surface area contributed by atoms with Crippen molar-refractivity contribution >= 4 is 31.6 Å². The number of likely N-dealkylation sites (tertiary alicyclic amines) is 1. The smallest absolute Gasteiger partial charge is 0.308 e. The Bertz CT molecular complexity index is 2230. The number of aromatic nitrogens is 4. The van der Waals surface area contributed by atoms with Gasteiger partial charge in [-0.05, 0) is 57.2 Å². The molecule has 324 valence electrons. The first kappa shape index (κ1) is 45.5. The summed E-state index contributed by atoms with van der Waals surface area (Å²) < 4.78 is 15.7. The van der Waals surface area contributed by atoms with Crippen LogP contribution in [0.4, 0.5) is 5.95 Å². The zero-order chi connectivity index (χ0) is 44.1.